The Bertz CT molecular complexity index is 949. The predicted molar refractivity (Wildman–Crippen MR) is 96.9 cm³/mol. The lowest BCUT2D eigenvalue weighted by Crippen LogP contribution is -2.35. The van der Waals surface area contributed by atoms with Crippen LogP contribution in [-0.2, 0) is 12.8 Å². The first-order chi connectivity index (χ1) is 12.6. The molecule has 4 rings (SSSR count). The molecule has 1 atom stereocenters. The molecular formula is C22H17F2NO. The van der Waals surface area contributed by atoms with Crippen molar-refractivity contribution in [3.63, 3.8) is 0 Å². The number of fused-ring (bicyclic) bond motifs is 1. The van der Waals surface area contributed by atoms with Gasteiger partial charge in [0, 0.05) is 11.6 Å². The van der Waals surface area contributed by atoms with Crippen LogP contribution in [0, 0.1) is 11.6 Å². The first-order valence-corrected chi connectivity index (χ1v) is 8.53. The van der Waals surface area contributed by atoms with Crippen LogP contribution in [0.2, 0.25) is 0 Å². The standard InChI is InChI=1S/C22H17F2NO/c23-17-8-4-14(5-9-17)20-3-1-2-16-12-19(13-21(16)20)25-22(26)15-6-10-18(24)11-7-15/h1-11,19H,12-13H2,(H,25,26). The van der Waals surface area contributed by atoms with E-state index in [0.29, 0.717) is 5.56 Å². The van der Waals surface area contributed by atoms with E-state index < -0.39 is 0 Å². The Morgan fingerprint density at radius 2 is 1.50 bits per heavy atom. The summed E-state index contributed by atoms with van der Waals surface area (Å²) in [6.07, 6.45) is 1.47. The van der Waals surface area contributed by atoms with Crippen LogP contribution in [0.3, 0.4) is 0 Å². The van der Waals surface area contributed by atoms with Crippen molar-refractivity contribution < 1.29 is 13.6 Å². The van der Waals surface area contributed by atoms with Crippen LogP contribution in [0.5, 0.6) is 0 Å². The van der Waals surface area contributed by atoms with Crippen molar-refractivity contribution >= 4 is 5.91 Å². The summed E-state index contributed by atoms with van der Waals surface area (Å²) in [7, 11) is 0. The Balaban J connectivity index is 1.54. The van der Waals surface area contributed by atoms with E-state index >= 15 is 0 Å². The summed E-state index contributed by atoms with van der Waals surface area (Å²) in [6, 6.07) is 18.1. The molecule has 0 aromatic heterocycles. The van der Waals surface area contributed by atoms with E-state index in [0.717, 1.165) is 24.0 Å². The molecule has 0 radical (unpaired) electrons. The van der Waals surface area contributed by atoms with Crippen molar-refractivity contribution in [1.82, 2.24) is 5.32 Å². The van der Waals surface area contributed by atoms with Gasteiger partial charge in [-0.25, -0.2) is 8.78 Å². The second-order valence-electron chi connectivity index (χ2n) is 6.54. The summed E-state index contributed by atoms with van der Waals surface area (Å²) < 4.78 is 26.2. The molecule has 0 fully saturated rings. The van der Waals surface area contributed by atoms with Crippen LogP contribution in [0.4, 0.5) is 8.78 Å². The molecule has 0 saturated carbocycles. The maximum absolute atomic E-state index is 13.2. The number of carbonyl (C=O) groups is 1. The largest absolute Gasteiger partial charge is 0.349 e. The fraction of sp³-hybridized carbons (Fsp3) is 0.136. The predicted octanol–water partition coefficient (Wildman–Crippen LogP) is 4.53. The highest BCUT2D eigenvalue weighted by atomic mass is 19.1. The van der Waals surface area contributed by atoms with Gasteiger partial charge in [-0.3, -0.25) is 4.79 Å². The number of amides is 1. The molecule has 1 N–H and O–H groups in total. The third kappa shape index (κ3) is 3.23. The average Bonchev–Trinajstić information content (AvgIpc) is 3.05. The molecule has 0 spiro atoms. The highest BCUT2D eigenvalue weighted by Gasteiger charge is 2.25. The van der Waals surface area contributed by atoms with E-state index in [9.17, 15) is 13.6 Å². The molecule has 0 heterocycles. The van der Waals surface area contributed by atoms with Gasteiger partial charge in [-0.15, -0.1) is 0 Å². The fourth-order valence-electron chi connectivity index (χ4n) is 3.52. The monoisotopic (exact) mass is 349 g/mol. The molecule has 3 aromatic carbocycles. The number of benzene rings is 3. The third-order valence-electron chi connectivity index (χ3n) is 4.79. The molecule has 0 bridgehead atoms. The van der Waals surface area contributed by atoms with Gasteiger partial charge in [0.1, 0.15) is 11.6 Å². The van der Waals surface area contributed by atoms with Crippen LogP contribution in [0.1, 0.15) is 21.5 Å². The summed E-state index contributed by atoms with van der Waals surface area (Å²) in [6.45, 7) is 0. The maximum Gasteiger partial charge on any atom is 0.251 e. The van der Waals surface area contributed by atoms with Crippen LogP contribution in [0.25, 0.3) is 11.1 Å². The highest BCUT2D eigenvalue weighted by Crippen LogP contribution is 2.32. The van der Waals surface area contributed by atoms with Crippen LogP contribution >= 0.6 is 0 Å². The van der Waals surface area contributed by atoms with Crippen LogP contribution in [-0.4, -0.2) is 11.9 Å². The molecule has 1 unspecified atom stereocenters. The smallest absolute Gasteiger partial charge is 0.251 e. The van der Waals surface area contributed by atoms with E-state index in [2.05, 4.69) is 11.4 Å². The Hall–Kier alpha value is -3.01. The number of rotatable bonds is 3. The zero-order valence-corrected chi connectivity index (χ0v) is 14.0. The van der Waals surface area contributed by atoms with Gasteiger partial charge < -0.3 is 5.32 Å². The lowest BCUT2D eigenvalue weighted by Gasteiger charge is -2.12. The normalized spacial score (nSPS) is 15.5. The first kappa shape index (κ1) is 16.5. The van der Waals surface area contributed by atoms with Gasteiger partial charge in [-0.05, 0) is 71.5 Å². The SMILES string of the molecule is O=C(NC1Cc2cccc(-c3ccc(F)cc3)c2C1)c1ccc(F)cc1. The topological polar surface area (TPSA) is 29.1 Å². The summed E-state index contributed by atoms with van der Waals surface area (Å²) in [5, 5.41) is 3.03. The number of hydrogen-bond donors (Lipinski definition) is 1. The minimum absolute atomic E-state index is 0.0100. The summed E-state index contributed by atoms with van der Waals surface area (Å²) in [4.78, 5) is 12.4. The van der Waals surface area contributed by atoms with Crippen molar-refractivity contribution in [2.75, 3.05) is 0 Å². The van der Waals surface area contributed by atoms with E-state index in [1.54, 1.807) is 12.1 Å². The molecule has 130 valence electrons. The quantitative estimate of drug-likeness (QED) is 0.740. The van der Waals surface area contributed by atoms with Crippen LogP contribution < -0.4 is 5.32 Å². The van der Waals surface area contributed by atoms with Crippen molar-refractivity contribution in [1.29, 1.82) is 0 Å². The Kier molecular flexibility index (Phi) is 4.25. The van der Waals surface area contributed by atoms with E-state index in [1.807, 2.05) is 12.1 Å². The van der Waals surface area contributed by atoms with Gasteiger partial charge in [0.2, 0.25) is 0 Å². The van der Waals surface area contributed by atoms with Gasteiger partial charge >= 0.3 is 0 Å². The lowest BCUT2D eigenvalue weighted by molar-refractivity contribution is 0.0938. The first-order valence-electron chi connectivity index (χ1n) is 8.53. The average molecular weight is 349 g/mol. The maximum atomic E-state index is 13.2. The molecule has 1 aliphatic carbocycles. The molecule has 4 heteroatoms. The molecule has 1 aliphatic rings. The Labute approximate surface area is 150 Å². The van der Waals surface area contributed by atoms with Crippen molar-refractivity contribution in [2.45, 2.75) is 18.9 Å². The second-order valence-corrected chi connectivity index (χ2v) is 6.54. The fourth-order valence-corrected chi connectivity index (χ4v) is 3.52. The summed E-state index contributed by atoms with van der Waals surface area (Å²) in [5.74, 6) is -0.823. The van der Waals surface area contributed by atoms with Crippen molar-refractivity contribution in [2.24, 2.45) is 0 Å². The molecule has 3 aromatic rings. The number of halogens is 2. The molecule has 1 amide bonds. The van der Waals surface area contributed by atoms with E-state index in [1.165, 1.54) is 47.5 Å². The zero-order valence-electron chi connectivity index (χ0n) is 14.0. The van der Waals surface area contributed by atoms with Gasteiger partial charge in [0.15, 0.2) is 0 Å². The van der Waals surface area contributed by atoms with Crippen molar-refractivity contribution in [3.05, 3.63) is 95.1 Å². The van der Waals surface area contributed by atoms with Gasteiger partial charge in [0.05, 0.1) is 0 Å². The lowest BCUT2D eigenvalue weighted by atomic mass is 9.97. The summed E-state index contributed by atoms with van der Waals surface area (Å²) in [5.41, 5.74) is 4.86. The Morgan fingerprint density at radius 1 is 0.846 bits per heavy atom. The minimum atomic E-state index is -0.362. The minimum Gasteiger partial charge on any atom is -0.349 e. The number of hydrogen-bond acceptors (Lipinski definition) is 1. The van der Waals surface area contributed by atoms with Gasteiger partial charge in [-0.1, -0.05) is 30.3 Å². The van der Waals surface area contributed by atoms with Gasteiger partial charge in [-0.2, -0.15) is 0 Å². The van der Waals surface area contributed by atoms with E-state index in [-0.39, 0.29) is 23.6 Å². The molecule has 0 aliphatic heterocycles. The number of nitrogens with one attached hydrogen (secondary N) is 1. The Morgan fingerprint density at radius 3 is 2.19 bits per heavy atom. The third-order valence-corrected chi connectivity index (χ3v) is 4.79. The molecule has 0 saturated heterocycles. The zero-order chi connectivity index (χ0) is 18.1. The van der Waals surface area contributed by atoms with Gasteiger partial charge in [0.25, 0.3) is 5.91 Å². The molecule has 26 heavy (non-hydrogen) atoms. The van der Waals surface area contributed by atoms with E-state index in [4.69, 9.17) is 0 Å². The van der Waals surface area contributed by atoms with Crippen LogP contribution in [0.15, 0.2) is 66.7 Å². The summed E-state index contributed by atoms with van der Waals surface area (Å²) >= 11 is 0. The molecular weight excluding hydrogens is 332 g/mol. The second kappa shape index (κ2) is 6.71. The number of carbonyl (C=O) groups excluding carboxylic acids is 1. The highest BCUT2D eigenvalue weighted by molar-refractivity contribution is 5.94. The molecule has 2 nitrogen and oxygen atoms in total. The van der Waals surface area contributed by atoms with Crippen molar-refractivity contribution in [3.8, 4) is 11.1 Å².